The minimum absolute atomic E-state index is 0.136. The molecule has 1 atom stereocenters. The maximum absolute atomic E-state index is 13.4. The first-order valence-electron chi connectivity index (χ1n) is 5.30. The summed E-state index contributed by atoms with van der Waals surface area (Å²) in [4.78, 5) is 11.8. The highest BCUT2D eigenvalue weighted by Gasteiger charge is 2.67. The van der Waals surface area contributed by atoms with Crippen molar-refractivity contribution >= 4 is 22.4 Å². The highest BCUT2D eigenvalue weighted by atomic mass is 32.1. The Morgan fingerprint density at radius 2 is 2.05 bits per heavy atom. The number of hydrogen-bond acceptors (Lipinski definition) is 6. The van der Waals surface area contributed by atoms with Crippen molar-refractivity contribution in [3.05, 3.63) is 16.3 Å². The molecule has 0 aromatic carbocycles. The molecule has 6 nitrogen and oxygen atoms in total. The van der Waals surface area contributed by atoms with E-state index in [0.717, 1.165) is 11.3 Å². The number of nitrogens with one attached hydrogen (secondary N) is 2. The van der Waals surface area contributed by atoms with Crippen LogP contribution in [0.15, 0.2) is 11.3 Å². The lowest BCUT2D eigenvalue weighted by atomic mass is 9.90. The number of alkyl halides is 3. The average molecular weight is 303 g/mol. The van der Waals surface area contributed by atoms with Crippen LogP contribution in [-0.2, 0) is 4.79 Å². The van der Waals surface area contributed by atoms with Gasteiger partial charge < -0.3 is 10.6 Å². The van der Waals surface area contributed by atoms with E-state index in [1.165, 1.54) is 13.0 Å². The molecule has 0 saturated heterocycles. The van der Waals surface area contributed by atoms with Crippen LogP contribution in [0.25, 0.3) is 0 Å². The number of aryl methyl sites for hydroxylation is 1. The van der Waals surface area contributed by atoms with Gasteiger partial charge in [0.25, 0.3) is 11.4 Å². The summed E-state index contributed by atoms with van der Waals surface area (Å²) in [6.45, 7) is 2.79. The van der Waals surface area contributed by atoms with Gasteiger partial charge in [-0.1, -0.05) is 11.3 Å². The standard InChI is InChI=1S/C10H8F3N5OS/c1-4-6(3-14)9(7(19)15-4,10(11,12)13)16-8-18-17-5(2)20-8/h1-2H3,(H,15,19)(H,16,18). The van der Waals surface area contributed by atoms with E-state index >= 15 is 0 Å². The summed E-state index contributed by atoms with van der Waals surface area (Å²) in [5, 5.41) is 20.4. The zero-order valence-corrected chi connectivity index (χ0v) is 11.1. The van der Waals surface area contributed by atoms with Crippen LogP contribution in [0.2, 0.25) is 0 Å². The maximum atomic E-state index is 13.4. The first-order valence-corrected chi connectivity index (χ1v) is 6.12. The van der Waals surface area contributed by atoms with E-state index < -0.39 is 23.2 Å². The first kappa shape index (κ1) is 14.3. The Kier molecular flexibility index (Phi) is 3.17. The molecular formula is C10H8F3N5OS. The van der Waals surface area contributed by atoms with Gasteiger partial charge in [-0.25, -0.2) is 0 Å². The quantitative estimate of drug-likeness (QED) is 0.863. The molecule has 0 bridgehead atoms. The SMILES string of the molecule is CC1=C(C#N)C(Nc2nnc(C)s2)(C(F)(F)F)C(=O)N1. The van der Waals surface area contributed by atoms with Crippen molar-refractivity contribution in [3.63, 3.8) is 0 Å². The van der Waals surface area contributed by atoms with Gasteiger partial charge in [-0.05, 0) is 13.8 Å². The molecule has 0 saturated carbocycles. The number of hydrogen-bond donors (Lipinski definition) is 2. The molecule has 2 N–H and O–H groups in total. The predicted molar refractivity (Wildman–Crippen MR) is 63.5 cm³/mol. The summed E-state index contributed by atoms with van der Waals surface area (Å²) in [5.74, 6) is -1.35. The Hall–Kier alpha value is -2.15. The number of rotatable bonds is 2. The second-order valence-electron chi connectivity index (χ2n) is 4.06. The molecule has 0 aliphatic carbocycles. The molecule has 1 aromatic rings. The summed E-state index contributed by atoms with van der Waals surface area (Å²) in [5.41, 5.74) is -3.98. The molecule has 1 aliphatic heterocycles. The van der Waals surface area contributed by atoms with Crippen molar-refractivity contribution in [1.29, 1.82) is 5.26 Å². The van der Waals surface area contributed by atoms with Crippen molar-refractivity contribution in [2.24, 2.45) is 0 Å². The molecule has 1 unspecified atom stereocenters. The van der Waals surface area contributed by atoms with E-state index in [9.17, 15) is 18.0 Å². The Labute approximate surface area is 115 Å². The number of nitrogens with zero attached hydrogens (tertiary/aromatic N) is 3. The number of halogens is 3. The number of nitriles is 1. The summed E-state index contributed by atoms with van der Waals surface area (Å²) in [7, 11) is 0. The van der Waals surface area contributed by atoms with Crippen molar-refractivity contribution in [3.8, 4) is 6.07 Å². The fourth-order valence-corrected chi connectivity index (χ4v) is 2.50. The number of carbonyl (C=O) groups excluding carboxylic acids is 1. The Bertz CT molecular complexity index is 644. The lowest BCUT2D eigenvalue weighted by Gasteiger charge is -2.29. The van der Waals surface area contributed by atoms with Crippen LogP contribution in [0, 0.1) is 18.3 Å². The molecule has 1 aliphatic rings. The number of amides is 1. The van der Waals surface area contributed by atoms with Crippen molar-refractivity contribution in [2.75, 3.05) is 5.32 Å². The lowest BCUT2D eigenvalue weighted by molar-refractivity contribution is -0.174. The van der Waals surface area contributed by atoms with Crippen LogP contribution in [-0.4, -0.2) is 27.8 Å². The smallest absolute Gasteiger partial charge is 0.334 e. The molecule has 1 aromatic heterocycles. The van der Waals surface area contributed by atoms with Gasteiger partial charge in [0, 0.05) is 5.70 Å². The predicted octanol–water partition coefficient (Wildman–Crippen LogP) is 1.49. The molecule has 2 heterocycles. The molecule has 0 radical (unpaired) electrons. The summed E-state index contributed by atoms with van der Waals surface area (Å²) >= 11 is 0.860. The van der Waals surface area contributed by atoms with E-state index in [0.29, 0.717) is 5.01 Å². The molecular weight excluding hydrogens is 295 g/mol. The van der Waals surface area contributed by atoms with E-state index in [-0.39, 0.29) is 10.8 Å². The van der Waals surface area contributed by atoms with Gasteiger partial charge in [0.1, 0.15) is 5.01 Å². The third kappa shape index (κ3) is 1.90. The highest BCUT2D eigenvalue weighted by Crippen LogP contribution is 2.43. The van der Waals surface area contributed by atoms with Gasteiger partial charge in [0.15, 0.2) is 0 Å². The fraction of sp³-hybridized carbons (Fsp3) is 0.400. The number of aromatic nitrogens is 2. The molecule has 0 fully saturated rings. The lowest BCUT2D eigenvalue weighted by Crippen LogP contribution is -2.59. The normalized spacial score (nSPS) is 22.7. The van der Waals surface area contributed by atoms with Gasteiger partial charge in [0.05, 0.1) is 11.6 Å². The minimum Gasteiger partial charge on any atom is -0.334 e. The zero-order valence-electron chi connectivity index (χ0n) is 10.3. The van der Waals surface area contributed by atoms with Crippen LogP contribution in [0.4, 0.5) is 18.3 Å². The second-order valence-corrected chi connectivity index (χ2v) is 5.25. The number of allylic oxidation sites excluding steroid dienone is 1. The summed E-state index contributed by atoms with van der Waals surface area (Å²) in [6.07, 6.45) is -5.00. The van der Waals surface area contributed by atoms with Gasteiger partial charge in [-0.15, -0.1) is 10.2 Å². The third-order valence-electron chi connectivity index (χ3n) is 2.75. The minimum atomic E-state index is -5.00. The topological polar surface area (TPSA) is 90.7 Å². The van der Waals surface area contributed by atoms with Crippen LogP contribution in [0.3, 0.4) is 0 Å². The van der Waals surface area contributed by atoms with Gasteiger partial charge >= 0.3 is 6.18 Å². The highest BCUT2D eigenvalue weighted by molar-refractivity contribution is 7.15. The van der Waals surface area contributed by atoms with Gasteiger partial charge in [-0.2, -0.15) is 18.4 Å². The summed E-state index contributed by atoms with van der Waals surface area (Å²) in [6, 6.07) is 1.44. The molecule has 10 heteroatoms. The molecule has 20 heavy (non-hydrogen) atoms. The van der Waals surface area contributed by atoms with Crippen LogP contribution < -0.4 is 10.6 Å². The molecule has 1 amide bonds. The van der Waals surface area contributed by atoms with Crippen molar-refractivity contribution < 1.29 is 18.0 Å². The van der Waals surface area contributed by atoms with E-state index in [1.807, 2.05) is 10.6 Å². The molecule has 106 valence electrons. The van der Waals surface area contributed by atoms with E-state index in [1.54, 1.807) is 6.92 Å². The Morgan fingerprint density at radius 3 is 2.50 bits per heavy atom. The van der Waals surface area contributed by atoms with E-state index in [2.05, 4.69) is 10.2 Å². The maximum Gasteiger partial charge on any atom is 0.425 e. The van der Waals surface area contributed by atoms with Crippen molar-refractivity contribution in [2.45, 2.75) is 25.6 Å². The summed E-state index contributed by atoms with van der Waals surface area (Å²) < 4.78 is 40.3. The zero-order chi connectivity index (χ0) is 15.1. The fourth-order valence-electron chi connectivity index (χ4n) is 1.86. The van der Waals surface area contributed by atoms with Crippen LogP contribution in [0.1, 0.15) is 11.9 Å². The molecule has 0 spiro atoms. The number of carbonyl (C=O) groups is 1. The molecule has 2 rings (SSSR count). The van der Waals surface area contributed by atoms with Crippen molar-refractivity contribution in [1.82, 2.24) is 15.5 Å². The first-order chi connectivity index (χ1) is 9.22. The Morgan fingerprint density at radius 1 is 1.40 bits per heavy atom. The second kappa shape index (κ2) is 4.45. The van der Waals surface area contributed by atoms with Crippen LogP contribution >= 0.6 is 11.3 Å². The Balaban J connectivity index is 2.58. The number of anilines is 1. The van der Waals surface area contributed by atoms with Gasteiger partial charge in [0.2, 0.25) is 5.13 Å². The monoisotopic (exact) mass is 303 g/mol. The van der Waals surface area contributed by atoms with E-state index in [4.69, 9.17) is 5.26 Å². The third-order valence-corrected chi connectivity index (χ3v) is 3.50. The van der Waals surface area contributed by atoms with Crippen LogP contribution in [0.5, 0.6) is 0 Å². The largest absolute Gasteiger partial charge is 0.425 e. The average Bonchev–Trinajstić information content (AvgIpc) is 2.82. The van der Waals surface area contributed by atoms with Gasteiger partial charge in [-0.3, -0.25) is 4.79 Å².